The number of sulfone groups is 1. The number of nitrogens with one attached hydrogen (secondary N) is 1. The van der Waals surface area contributed by atoms with Gasteiger partial charge in [-0.15, -0.1) is 0 Å². The first-order valence-electron chi connectivity index (χ1n) is 6.98. The molecule has 0 spiro atoms. The Hall–Kier alpha value is -2.81. The highest BCUT2D eigenvalue weighted by molar-refractivity contribution is 7.89. The number of nitrogens with zero attached hydrogens (tertiary/aromatic N) is 3. The summed E-state index contributed by atoms with van der Waals surface area (Å²) < 4.78 is 23.6. The van der Waals surface area contributed by atoms with Crippen LogP contribution >= 0.6 is 0 Å². The highest BCUT2D eigenvalue weighted by atomic mass is 32.2. The quantitative estimate of drug-likeness (QED) is 0.737. The first-order valence-corrected chi connectivity index (χ1v) is 9.04. The Balaban J connectivity index is 2.33. The Bertz CT molecular complexity index is 1150. The monoisotopic (exact) mass is 346 g/mol. The molecule has 0 aliphatic rings. The first kappa shape index (κ1) is 16.1. The van der Waals surface area contributed by atoms with E-state index in [1.54, 1.807) is 24.4 Å². The van der Waals surface area contributed by atoms with E-state index in [4.69, 9.17) is 0 Å². The van der Waals surface area contributed by atoms with Crippen LogP contribution in [-0.4, -0.2) is 34.2 Å². The largest absolute Gasteiger partial charge is 0.329 e. The Kier molecular flexibility index (Phi) is 3.80. The second kappa shape index (κ2) is 5.68. The fourth-order valence-electron chi connectivity index (χ4n) is 2.49. The third-order valence-corrected chi connectivity index (χ3v) is 4.28. The summed E-state index contributed by atoms with van der Waals surface area (Å²) in [7, 11) is -3.54. The number of H-pyrrole nitrogens is 1. The van der Waals surface area contributed by atoms with Gasteiger partial charge in [0.05, 0.1) is 16.6 Å². The van der Waals surface area contributed by atoms with E-state index in [0.717, 1.165) is 11.8 Å². The average Bonchev–Trinajstić information content (AvgIpc) is 2.51. The van der Waals surface area contributed by atoms with Crippen molar-refractivity contribution in [1.29, 1.82) is 0 Å². The molecule has 3 aromatic rings. The number of fused-ring (bicyclic) bond motifs is 1. The molecule has 3 rings (SSSR count). The van der Waals surface area contributed by atoms with Gasteiger partial charge < -0.3 is 4.98 Å². The van der Waals surface area contributed by atoms with Gasteiger partial charge in [-0.25, -0.2) is 27.7 Å². The molecule has 0 atom stereocenters. The lowest BCUT2D eigenvalue weighted by Gasteiger charge is -2.09. The first-order chi connectivity index (χ1) is 11.3. The van der Waals surface area contributed by atoms with Crippen LogP contribution < -0.4 is 11.2 Å². The van der Waals surface area contributed by atoms with Crippen molar-refractivity contribution in [3.8, 4) is 11.3 Å². The molecule has 0 fully saturated rings. The van der Waals surface area contributed by atoms with Crippen LogP contribution in [0.15, 0.2) is 40.3 Å². The Morgan fingerprint density at radius 2 is 2.00 bits per heavy atom. The molecule has 0 aliphatic heterocycles. The van der Waals surface area contributed by atoms with Gasteiger partial charge in [-0.2, -0.15) is 0 Å². The molecule has 0 radical (unpaired) electrons. The maximum atomic E-state index is 12.6. The van der Waals surface area contributed by atoms with Gasteiger partial charge >= 0.3 is 5.69 Å². The van der Waals surface area contributed by atoms with Crippen LogP contribution in [0.4, 0.5) is 0 Å². The summed E-state index contributed by atoms with van der Waals surface area (Å²) in [6.45, 7) is 1.83. The summed E-state index contributed by atoms with van der Waals surface area (Å²) >= 11 is 0. The van der Waals surface area contributed by atoms with E-state index in [1.165, 1.54) is 6.33 Å². The number of hydrogen-bond acceptors (Lipinski definition) is 6. The zero-order valence-electron chi connectivity index (χ0n) is 13.0. The number of rotatable bonds is 3. The fraction of sp³-hybridized carbons (Fsp3) is 0.200. The molecule has 0 unspecified atom stereocenters. The van der Waals surface area contributed by atoms with Crippen molar-refractivity contribution in [2.24, 2.45) is 0 Å². The number of hydrogen-bond donors (Lipinski definition) is 1. The molecule has 0 saturated carbocycles. The highest BCUT2D eigenvalue weighted by Crippen LogP contribution is 2.24. The van der Waals surface area contributed by atoms with Crippen LogP contribution in [-0.2, 0) is 15.7 Å². The zero-order chi connectivity index (χ0) is 17.5. The Morgan fingerprint density at radius 3 is 2.62 bits per heavy atom. The van der Waals surface area contributed by atoms with Crippen molar-refractivity contribution in [3.05, 3.63) is 57.1 Å². The van der Waals surface area contributed by atoms with Crippen LogP contribution in [0.25, 0.3) is 22.2 Å². The minimum Gasteiger partial charge on any atom is -0.307 e. The van der Waals surface area contributed by atoms with Crippen molar-refractivity contribution >= 4 is 20.7 Å². The number of benzene rings is 1. The summed E-state index contributed by atoms with van der Waals surface area (Å²) in [6, 6.07) is 4.97. The third kappa shape index (κ3) is 2.98. The Labute approximate surface area is 136 Å². The molecular formula is C15H14N4O4S. The molecule has 24 heavy (non-hydrogen) atoms. The van der Waals surface area contributed by atoms with E-state index < -0.39 is 27.0 Å². The maximum absolute atomic E-state index is 12.6. The minimum absolute atomic E-state index is 0.220. The van der Waals surface area contributed by atoms with Crippen LogP contribution in [0.1, 0.15) is 5.56 Å². The smallest absolute Gasteiger partial charge is 0.307 e. The second-order valence-corrected chi connectivity index (χ2v) is 7.64. The summed E-state index contributed by atoms with van der Waals surface area (Å²) in [5.74, 6) is -0.673. The van der Waals surface area contributed by atoms with Crippen molar-refractivity contribution < 1.29 is 8.42 Å². The number of aromatic amines is 1. The third-order valence-electron chi connectivity index (χ3n) is 3.55. The fourth-order valence-corrected chi connectivity index (χ4v) is 3.19. The average molecular weight is 346 g/mol. The van der Waals surface area contributed by atoms with Gasteiger partial charge in [-0.05, 0) is 30.7 Å². The molecule has 0 aliphatic carbocycles. The van der Waals surface area contributed by atoms with Crippen LogP contribution in [0.2, 0.25) is 0 Å². The molecule has 124 valence electrons. The van der Waals surface area contributed by atoms with Crippen LogP contribution in [0.5, 0.6) is 0 Å². The Morgan fingerprint density at radius 1 is 1.25 bits per heavy atom. The lowest BCUT2D eigenvalue weighted by molar-refractivity contribution is 0.584. The van der Waals surface area contributed by atoms with E-state index in [9.17, 15) is 18.0 Å². The summed E-state index contributed by atoms with van der Waals surface area (Å²) in [6.07, 6.45) is 3.94. The molecule has 2 heterocycles. The maximum Gasteiger partial charge on any atom is 0.329 e. The van der Waals surface area contributed by atoms with Crippen molar-refractivity contribution in [1.82, 2.24) is 19.5 Å². The molecule has 0 bridgehead atoms. The molecule has 1 N–H and O–H groups in total. The van der Waals surface area contributed by atoms with Gasteiger partial charge in [-0.1, -0.05) is 0 Å². The lowest BCUT2D eigenvalue weighted by atomic mass is 10.0. The topological polar surface area (TPSA) is 115 Å². The van der Waals surface area contributed by atoms with Crippen molar-refractivity contribution in [2.75, 3.05) is 6.26 Å². The van der Waals surface area contributed by atoms with Gasteiger partial charge in [0.1, 0.15) is 12.2 Å². The normalized spacial score (nSPS) is 11.8. The van der Waals surface area contributed by atoms with E-state index >= 15 is 0 Å². The molecule has 1 aromatic carbocycles. The van der Waals surface area contributed by atoms with E-state index in [-0.39, 0.29) is 5.39 Å². The molecule has 2 aromatic heterocycles. The number of aryl methyl sites for hydroxylation is 1. The summed E-state index contributed by atoms with van der Waals surface area (Å²) in [5, 5.41) is 0.220. The minimum atomic E-state index is -3.54. The predicted molar refractivity (Wildman–Crippen MR) is 89.4 cm³/mol. The van der Waals surface area contributed by atoms with Gasteiger partial charge in [0.2, 0.25) is 0 Å². The van der Waals surface area contributed by atoms with E-state index in [2.05, 4.69) is 15.0 Å². The second-order valence-electron chi connectivity index (χ2n) is 5.53. The van der Waals surface area contributed by atoms with Gasteiger partial charge in [-0.3, -0.25) is 4.79 Å². The molecule has 8 nitrogen and oxygen atoms in total. The molecule has 0 amide bonds. The summed E-state index contributed by atoms with van der Waals surface area (Å²) in [5.41, 5.74) is 1.09. The van der Waals surface area contributed by atoms with Gasteiger partial charge in [0, 0.05) is 18.0 Å². The molecule has 0 saturated heterocycles. The SMILES string of the molecule is Cc1cc2[nH]c(=O)n(CS(C)(=O)=O)c(=O)c2cc1-c1ccncn1. The van der Waals surface area contributed by atoms with Gasteiger partial charge in [0.25, 0.3) is 5.56 Å². The van der Waals surface area contributed by atoms with Crippen molar-refractivity contribution in [2.45, 2.75) is 12.8 Å². The zero-order valence-corrected chi connectivity index (χ0v) is 13.8. The molecule has 9 heteroatoms. The van der Waals surface area contributed by atoms with E-state index in [1.807, 2.05) is 6.92 Å². The van der Waals surface area contributed by atoms with Gasteiger partial charge in [0.15, 0.2) is 9.84 Å². The standard InChI is InChI=1S/C15H14N4O4S/c1-9-5-13-11(6-10(9)12-3-4-16-7-17-12)14(20)19(15(21)18-13)8-24(2,22)23/h3-7H,8H2,1-2H3,(H,18,21). The summed E-state index contributed by atoms with van der Waals surface area (Å²) in [4.78, 5) is 35.2. The van der Waals surface area contributed by atoms with E-state index in [0.29, 0.717) is 21.3 Å². The predicted octanol–water partition coefficient (Wildman–Crippen LogP) is 0.457. The lowest BCUT2D eigenvalue weighted by Crippen LogP contribution is -2.37. The van der Waals surface area contributed by atoms with Crippen LogP contribution in [0, 0.1) is 6.92 Å². The van der Waals surface area contributed by atoms with Crippen LogP contribution in [0.3, 0.4) is 0 Å². The highest BCUT2D eigenvalue weighted by Gasteiger charge is 2.14. The molecular weight excluding hydrogens is 332 g/mol. The van der Waals surface area contributed by atoms with Crippen molar-refractivity contribution in [3.63, 3.8) is 0 Å². The number of aromatic nitrogens is 4.